The van der Waals surface area contributed by atoms with Gasteiger partial charge in [-0.2, -0.15) is 0 Å². The van der Waals surface area contributed by atoms with Crippen molar-refractivity contribution < 1.29 is 14.4 Å². The van der Waals surface area contributed by atoms with Gasteiger partial charge in [0.25, 0.3) is 0 Å². The molecule has 0 fully saturated rings. The minimum absolute atomic E-state index is 0.0748. The molecule has 14 heavy (non-hydrogen) atoms. The van der Waals surface area contributed by atoms with Crippen LogP contribution in [0.15, 0.2) is 0 Å². The smallest absolute Gasteiger partial charge is 0.309 e. The van der Waals surface area contributed by atoms with Crippen LogP contribution in [0.4, 0.5) is 0 Å². The van der Waals surface area contributed by atoms with E-state index in [4.69, 9.17) is 16.4 Å². The van der Waals surface area contributed by atoms with E-state index < -0.39 is 11.7 Å². The lowest BCUT2D eigenvalue weighted by molar-refractivity contribution is -0.158. The van der Waals surface area contributed by atoms with Crippen molar-refractivity contribution in [1.29, 1.82) is 0 Å². The molecule has 2 atom stereocenters. The molecule has 0 aliphatic heterocycles. The summed E-state index contributed by atoms with van der Waals surface area (Å²) in [6.07, 6.45) is -0.421. The Hall–Kier alpha value is -0.650. The molecule has 0 amide bonds. The molecule has 0 saturated heterocycles. The highest BCUT2D eigenvalue weighted by atomic mass is 16.6. The number of ether oxygens (including phenoxy) is 1. The summed E-state index contributed by atoms with van der Waals surface area (Å²) in [5, 5.41) is 0. The number of carbonyl (C=O) groups is 1. The van der Waals surface area contributed by atoms with E-state index in [2.05, 4.69) is 4.84 Å². The van der Waals surface area contributed by atoms with Crippen LogP contribution in [-0.2, 0) is 14.4 Å². The van der Waals surface area contributed by atoms with Crippen molar-refractivity contribution in [2.45, 2.75) is 51.9 Å². The van der Waals surface area contributed by atoms with E-state index >= 15 is 0 Å². The van der Waals surface area contributed by atoms with Crippen LogP contribution in [-0.4, -0.2) is 23.7 Å². The molecule has 84 valence electrons. The van der Waals surface area contributed by atoms with Crippen LogP contribution >= 0.6 is 0 Å². The van der Waals surface area contributed by atoms with Crippen molar-refractivity contribution in [3.05, 3.63) is 0 Å². The third kappa shape index (κ3) is 5.90. The van der Waals surface area contributed by atoms with Crippen LogP contribution in [0.25, 0.3) is 0 Å². The zero-order valence-electron chi connectivity index (χ0n) is 9.24. The first-order valence-corrected chi connectivity index (χ1v) is 4.59. The largest absolute Gasteiger partial charge is 0.460 e. The van der Waals surface area contributed by atoms with Gasteiger partial charge in [0.15, 0.2) is 0 Å². The van der Waals surface area contributed by atoms with Crippen molar-refractivity contribution in [2.24, 2.45) is 11.6 Å². The van der Waals surface area contributed by atoms with Gasteiger partial charge >= 0.3 is 5.97 Å². The van der Waals surface area contributed by atoms with E-state index in [0.29, 0.717) is 0 Å². The first-order valence-electron chi connectivity index (χ1n) is 4.59. The summed E-state index contributed by atoms with van der Waals surface area (Å²) < 4.78 is 5.09. The highest BCUT2D eigenvalue weighted by Gasteiger charge is 2.22. The molecule has 5 nitrogen and oxygen atoms in total. The molecule has 2 unspecified atom stereocenters. The van der Waals surface area contributed by atoms with Crippen molar-refractivity contribution in [3.63, 3.8) is 0 Å². The van der Waals surface area contributed by atoms with Gasteiger partial charge in [-0.15, -0.1) is 0 Å². The Balaban J connectivity index is 4.04. The number of hydrogen-bond acceptors (Lipinski definition) is 5. The highest BCUT2D eigenvalue weighted by Crippen LogP contribution is 2.10. The van der Waals surface area contributed by atoms with Gasteiger partial charge in [-0.3, -0.25) is 9.63 Å². The zero-order chi connectivity index (χ0) is 11.4. The van der Waals surface area contributed by atoms with Crippen LogP contribution in [0.1, 0.15) is 34.1 Å². The van der Waals surface area contributed by atoms with Crippen molar-refractivity contribution >= 4 is 5.97 Å². The molecule has 0 aromatic rings. The SMILES string of the molecule is CC(N)C(CC(=O)OC(C)(C)C)ON. The zero-order valence-corrected chi connectivity index (χ0v) is 9.24. The van der Waals surface area contributed by atoms with Crippen LogP contribution in [0.3, 0.4) is 0 Å². The lowest BCUT2D eigenvalue weighted by Gasteiger charge is -2.22. The Bertz CT molecular complexity index is 187. The van der Waals surface area contributed by atoms with E-state index in [1.807, 2.05) is 0 Å². The first-order chi connectivity index (χ1) is 6.26. The summed E-state index contributed by atoms with van der Waals surface area (Å²) in [5.41, 5.74) is 5.05. The molecule has 5 heteroatoms. The van der Waals surface area contributed by atoms with Gasteiger partial charge in [-0.1, -0.05) is 0 Å². The lowest BCUT2D eigenvalue weighted by Crippen LogP contribution is -2.39. The van der Waals surface area contributed by atoms with Gasteiger partial charge in [0, 0.05) is 6.04 Å². The van der Waals surface area contributed by atoms with E-state index in [9.17, 15) is 4.79 Å². The second-order valence-electron chi connectivity index (χ2n) is 4.32. The molecule has 0 aromatic carbocycles. The molecule has 4 N–H and O–H groups in total. The van der Waals surface area contributed by atoms with Gasteiger partial charge in [0.05, 0.1) is 6.42 Å². The predicted octanol–water partition coefficient (Wildman–Crippen LogP) is 0.324. The van der Waals surface area contributed by atoms with Gasteiger partial charge in [-0.25, -0.2) is 5.90 Å². The molecule has 0 bridgehead atoms. The Labute approximate surface area is 84.7 Å². The molecule has 0 aliphatic carbocycles. The summed E-state index contributed by atoms with van der Waals surface area (Å²) in [4.78, 5) is 15.9. The van der Waals surface area contributed by atoms with Gasteiger partial charge in [0.2, 0.25) is 0 Å². The minimum atomic E-state index is -0.496. The summed E-state index contributed by atoms with van der Waals surface area (Å²) in [6.45, 7) is 7.13. The Kier molecular flexibility index (Phi) is 5.04. The molecule has 0 saturated carbocycles. The van der Waals surface area contributed by atoms with Crippen molar-refractivity contribution in [2.75, 3.05) is 0 Å². The monoisotopic (exact) mass is 204 g/mol. The number of nitrogens with two attached hydrogens (primary N) is 2. The van der Waals surface area contributed by atoms with Crippen LogP contribution in [0, 0.1) is 0 Å². The average molecular weight is 204 g/mol. The molecule has 0 heterocycles. The maximum absolute atomic E-state index is 11.3. The van der Waals surface area contributed by atoms with E-state index in [1.165, 1.54) is 0 Å². The second kappa shape index (κ2) is 5.29. The molecule has 0 spiro atoms. The van der Waals surface area contributed by atoms with Crippen molar-refractivity contribution in [3.8, 4) is 0 Å². The molecule has 0 aromatic heterocycles. The number of rotatable bonds is 4. The summed E-state index contributed by atoms with van der Waals surface area (Å²) in [7, 11) is 0. The predicted molar refractivity (Wildman–Crippen MR) is 53.2 cm³/mol. The molecule has 0 rings (SSSR count). The Morgan fingerprint density at radius 1 is 1.43 bits per heavy atom. The van der Waals surface area contributed by atoms with E-state index in [0.717, 1.165) is 0 Å². The Morgan fingerprint density at radius 2 is 1.93 bits per heavy atom. The maximum atomic E-state index is 11.3. The number of hydrogen-bond donors (Lipinski definition) is 2. The fourth-order valence-electron chi connectivity index (χ4n) is 0.905. The number of esters is 1. The first kappa shape index (κ1) is 13.4. The number of carbonyl (C=O) groups excluding carboxylic acids is 1. The fourth-order valence-corrected chi connectivity index (χ4v) is 0.905. The summed E-state index contributed by atoms with van der Waals surface area (Å²) in [5.74, 6) is 4.64. The normalized spacial score (nSPS) is 16.1. The van der Waals surface area contributed by atoms with E-state index in [1.54, 1.807) is 27.7 Å². The third-order valence-corrected chi connectivity index (χ3v) is 1.55. The maximum Gasteiger partial charge on any atom is 0.309 e. The molecule has 0 aliphatic rings. The molecule has 0 radical (unpaired) electrons. The van der Waals surface area contributed by atoms with Gasteiger partial charge < -0.3 is 10.5 Å². The van der Waals surface area contributed by atoms with Crippen LogP contribution in [0.2, 0.25) is 0 Å². The van der Waals surface area contributed by atoms with E-state index in [-0.39, 0.29) is 18.4 Å². The molecular weight excluding hydrogens is 184 g/mol. The minimum Gasteiger partial charge on any atom is -0.460 e. The average Bonchev–Trinajstić information content (AvgIpc) is 1.96. The van der Waals surface area contributed by atoms with Gasteiger partial charge in [-0.05, 0) is 27.7 Å². The lowest BCUT2D eigenvalue weighted by atomic mass is 10.1. The Morgan fingerprint density at radius 3 is 2.21 bits per heavy atom. The summed E-state index contributed by atoms with van der Waals surface area (Å²) >= 11 is 0. The van der Waals surface area contributed by atoms with Crippen molar-refractivity contribution in [1.82, 2.24) is 0 Å². The van der Waals surface area contributed by atoms with Crippen LogP contribution in [0.5, 0.6) is 0 Å². The highest BCUT2D eigenvalue weighted by molar-refractivity contribution is 5.70. The topological polar surface area (TPSA) is 87.6 Å². The quantitative estimate of drug-likeness (QED) is 0.509. The third-order valence-electron chi connectivity index (χ3n) is 1.55. The van der Waals surface area contributed by atoms with Crippen LogP contribution < -0.4 is 11.6 Å². The second-order valence-corrected chi connectivity index (χ2v) is 4.32. The summed E-state index contributed by atoms with van der Waals surface area (Å²) in [6, 6.07) is -0.299. The molecular formula is C9H20N2O3. The van der Waals surface area contributed by atoms with Gasteiger partial charge in [0.1, 0.15) is 11.7 Å². The fraction of sp³-hybridized carbons (Fsp3) is 0.889. The standard InChI is InChI=1S/C9H20N2O3/c1-6(10)7(14-11)5-8(12)13-9(2,3)4/h6-7H,5,10-11H2,1-4H3.